The fourth-order valence-electron chi connectivity index (χ4n) is 2.50. The van der Waals surface area contributed by atoms with Gasteiger partial charge >= 0.3 is 0 Å². The minimum Gasteiger partial charge on any atom is -0.300 e. The molecule has 0 aliphatic rings. The van der Waals surface area contributed by atoms with Crippen molar-refractivity contribution in [2.24, 2.45) is 0 Å². The number of aromatic nitrogens is 7. The zero-order valence-corrected chi connectivity index (χ0v) is 14.3. The van der Waals surface area contributed by atoms with E-state index in [2.05, 4.69) is 38.1 Å². The van der Waals surface area contributed by atoms with Gasteiger partial charge in [-0.2, -0.15) is 0 Å². The molecule has 3 aromatic heterocycles. The predicted molar refractivity (Wildman–Crippen MR) is 95.9 cm³/mol. The molecule has 0 amide bonds. The minimum atomic E-state index is 0.777. The molecule has 0 atom stereocenters. The van der Waals surface area contributed by atoms with Crippen molar-refractivity contribution in [1.82, 2.24) is 34.3 Å². The van der Waals surface area contributed by atoms with Crippen LogP contribution in [0, 0.1) is 0 Å². The van der Waals surface area contributed by atoms with E-state index in [1.165, 1.54) is 0 Å². The van der Waals surface area contributed by atoms with Crippen LogP contribution in [0.3, 0.4) is 0 Å². The number of hydrogen-bond acceptors (Lipinski definition) is 6. The number of rotatable bonds is 5. The molecule has 0 aliphatic heterocycles. The molecule has 0 N–H and O–H groups in total. The monoisotopic (exact) mass is 349 g/mol. The SMILES string of the molecule is CCSc1ncc(-c2nccn2-c2cccc(-n3cnnc3)c2)cn1. The fraction of sp³-hybridized carbons (Fsp3) is 0.118. The van der Waals surface area contributed by atoms with E-state index in [0.29, 0.717) is 0 Å². The lowest BCUT2D eigenvalue weighted by Gasteiger charge is -2.10. The summed E-state index contributed by atoms with van der Waals surface area (Å²) in [5, 5.41) is 8.49. The van der Waals surface area contributed by atoms with Crippen molar-refractivity contribution >= 4 is 11.8 Å². The van der Waals surface area contributed by atoms with Crippen LogP contribution in [0.2, 0.25) is 0 Å². The summed E-state index contributed by atoms with van der Waals surface area (Å²) < 4.78 is 3.87. The van der Waals surface area contributed by atoms with Gasteiger partial charge < -0.3 is 0 Å². The molecule has 8 heteroatoms. The van der Waals surface area contributed by atoms with Crippen molar-refractivity contribution in [3.8, 4) is 22.8 Å². The van der Waals surface area contributed by atoms with Crippen LogP contribution in [0.4, 0.5) is 0 Å². The first-order valence-electron chi connectivity index (χ1n) is 7.79. The van der Waals surface area contributed by atoms with Gasteiger partial charge in [0.1, 0.15) is 18.5 Å². The smallest absolute Gasteiger partial charge is 0.187 e. The predicted octanol–water partition coefficient (Wildman–Crippen LogP) is 3.02. The summed E-state index contributed by atoms with van der Waals surface area (Å²) in [5.41, 5.74) is 2.85. The molecular formula is C17H15N7S. The Kier molecular flexibility index (Phi) is 4.26. The van der Waals surface area contributed by atoms with Crippen molar-refractivity contribution in [3.63, 3.8) is 0 Å². The Morgan fingerprint density at radius 1 is 1.00 bits per heavy atom. The van der Waals surface area contributed by atoms with Crippen LogP contribution < -0.4 is 0 Å². The average molecular weight is 349 g/mol. The van der Waals surface area contributed by atoms with Gasteiger partial charge in [0.25, 0.3) is 0 Å². The van der Waals surface area contributed by atoms with Gasteiger partial charge in [-0.1, -0.05) is 24.8 Å². The Balaban J connectivity index is 1.71. The highest BCUT2D eigenvalue weighted by atomic mass is 32.2. The summed E-state index contributed by atoms with van der Waals surface area (Å²) in [5.74, 6) is 1.75. The summed E-state index contributed by atoms with van der Waals surface area (Å²) in [6.45, 7) is 2.08. The maximum atomic E-state index is 4.48. The molecule has 0 aliphatic carbocycles. The second kappa shape index (κ2) is 6.86. The summed E-state index contributed by atoms with van der Waals surface area (Å²) in [4.78, 5) is 13.3. The number of nitrogens with zero attached hydrogens (tertiary/aromatic N) is 7. The summed E-state index contributed by atoms with van der Waals surface area (Å²) >= 11 is 1.62. The molecule has 0 radical (unpaired) electrons. The Morgan fingerprint density at radius 2 is 1.76 bits per heavy atom. The van der Waals surface area contributed by atoms with Gasteiger partial charge in [-0.05, 0) is 24.0 Å². The molecule has 3 heterocycles. The Morgan fingerprint density at radius 3 is 2.52 bits per heavy atom. The normalized spacial score (nSPS) is 10.9. The van der Waals surface area contributed by atoms with E-state index in [1.807, 2.05) is 45.9 Å². The lowest BCUT2D eigenvalue weighted by Crippen LogP contribution is -1.99. The van der Waals surface area contributed by atoms with Gasteiger partial charge in [0.15, 0.2) is 5.16 Å². The Bertz CT molecular complexity index is 961. The van der Waals surface area contributed by atoms with Crippen LogP contribution in [0.15, 0.2) is 66.9 Å². The molecule has 0 saturated carbocycles. The lowest BCUT2D eigenvalue weighted by atomic mass is 10.2. The minimum absolute atomic E-state index is 0.777. The Labute approximate surface area is 148 Å². The van der Waals surface area contributed by atoms with E-state index in [1.54, 1.807) is 30.6 Å². The summed E-state index contributed by atoms with van der Waals surface area (Å²) in [7, 11) is 0. The van der Waals surface area contributed by atoms with Crippen LogP contribution in [-0.2, 0) is 0 Å². The maximum absolute atomic E-state index is 4.48. The fourth-order valence-corrected chi connectivity index (χ4v) is 3.01. The first kappa shape index (κ1) is 15.5. The Hall–Kier alpha value is -3.00. The first-order valence-corrected chi connectivity index (χ1v) is 8.77. The number of hydrogen-bond donors (Lipinski definition) is 0. The molecule has 7 nitrogen and oxygen atoms in total. The van der Waals surface area contributed by atoms with E-state index >= 15 is 0 Å². The highest BCUT2D eigenvalue weighted by Crippen LogP contribution is 2.23. The van der Waals surface area contributed by atoms with E-state index in [9.17, 15) is 0 Å². The number of thioether (sulfide) groups is 1. The lowest BCUT2D eigenvalue weighted by molar-refractivity contribution is 0.957. The quantitative estimate of drug-likeness (QED) is 0.407. The molecule has 4 aromatic rings. The molecule has 0 bridgehead atoms. The van der Waals surface area contributed by atoms with Crippen molar-refractivity contribution in [2.45, 2.75) is 12.1 Å². The standard InChI is InChI=1S/C17H15N7S/c1-2-25-17-19-9-13(10-20-17)16-18-6-7-24(16)15-5-3-4-14(8-15)23-11-21-22-12-23/h3-12H,2H2,1H3. The molecule has 0 saturated heterocycles. The van der Waals surface area contributed by atoms with Crippen LogP contribution in [-0.4, -0.2) is 40.0 Å². The third kappa shape index (κ3) is 3.16. The molecule has 0 fully saturated rings. The van der Waals surface area contributed by atoms with Gasteiger partial charge in [0.05, 0.1) is 11.3 Å². The van der Waals surface area contributed by atoms with Crippen LogP contribution in [0.5, 0.6) is 0 Å². The second-order valence-electron chi connectivity index (χ2n) is 5.20. The molecular weight excluding hydrogens is 334 g/mol. The van der Waals surface area contributed by atoms with Gasteiger partial charge in [0, 0.05) is 30.5 Å². The van der Waals surface area contributed by atoms with E-state index in [-0.39, 0.29) is 0 Å². The van der Waals surface area contributed by atoms with Crippen molar-refractivity contribution in [2.75, 3.05) is 5.75 Å². The third-order valence-corrected chi connectivity index (χ3v) is 4.38. The zero-order chi connectivity index (χ0) is 17.1. The first-order chi connectivity index (χ1) is 12.3. The van der Waals surface area contributed by atoms with Crippen LogP contribution in [0.25, 0.3) is 22.8 Å². The molecule has 25 heavy (non-hydrogen) atoms. The summed E-state index contributed by atoms with van der Waals surface area (Å²) in [6, 6.07) is 8.08. The molecule has 0 spiro atoms. The van der Waals surface area contributed by atoms with Gasteiger partial charge in [-0.25, -0.2) is 15.0 Å². The van der Waals surface area contributed by atoms with Crippen molar-refractivity contribution in [1.29, 1.82) is 0 Å². The number of benzene rings is 1. The second-order valence-corrected chi connectivity index (χ2v) is 6.43. The topological polar surface area (TPSA) is 74.3 Å². The largest absolute Gasteiger partial charge is 0.300 e. The average Bonchev–Trinajstić information content (AvgIpc) is 3.35. The van der Waals surface area contributed by atoms with Crippen LogP contribution >= 0.6 is 11.8 Å². The van der Waals surface area contributed by atoms with E-state index in [4.69, 9.17) is 0 Å². The van der Waals surface area contributed by atoms with E-state index < -0.39 is 0 Å². The zero-order valence-electron chi connectivity index (χ0n) is 13.5. The van der Waals surface area contributed by atoms with Gasteiger partial charge in [-0.3, -0.25) is 9.13 Å². The summed E-state index contributed by atoms with van der Waals surface area (Å²) in [6.07, 6.45) is 10.7. The molecule has 1 aromatic carbocycles. The molecule has 0 unspecified atom stereocenters. The highest BCUT2D eigenvalue weighted by molar-refractivity contribution is 7.99. The number of imidazole rings is 1. The van der Waals surface area contributed by atoms with Gasteiger partial charge in [0.2, 0.25) is 0 Å². The molecule has 124 valence electrons. The van der Waals surface area contributed by atoms with Gasteiger partial charge in [-0.15, -0.1) is 10.2 Å². The third-order valence-electron chi connectivity index (χ3n) is 3.63. The van der Waals surface area contributed by atoms with E-state index in [0.717, 1.165) is 33.7 Å². The maximum Gasteiger partial charge on any atom is 0.187 e. The highest BCUT2D eigenvalue weighted by Gasteiger charge is 2.10. The van der Waals surface area contributed by atoms with Crippen LogP contribution in [0.1, 0.15) is 6.92 Å². The van der Waals surface area contributed by atoms with Crippen molar-refractivity contribution in [3.05, 3.63) is 61.7 Å². The van der Waals surface area contributed by atoms with Crippen molar-refractivity contribution < 1.29 is 0 Å². The molecule has 4 rings (SSSR count).